The van der Waals surface area contributed by atoms with Crippen LogP contribution >= 0.6 is 34.8 Å². The van der Waals surface area contributed by atoms with Crippen LogP contribution in [0.1, 0.15) is 32.1 Å². The second-order valence-corrected chi connectivity index (χ2v) is 10.6. The van der Waals surface area contributed by atoms with Crippen LogP contribution in [0.4, 0.5) is 13.6 Å². The lowest BCUT2D eigenvalue weighted by molar-refractivity contribution is -0.138. The maximum atomic E-state index is 13.7. The van der Waals surface area contributed by atoms with E-state index in [4.69, 9.17) is 53.8 Å². The SMILES string of the molecule is O=C(COc1ccc(Cl)c(F)c1)NC12CCC(NC(=O)COc3ccc(Cl)c(F)c3)(CC1)[C@@H](OC(=O)OCCl)C2. The molecule has 0 saturated heterocycles. The summed E-state index contributed by atoms with van der Waals surface area (Å²) in [6.45, 7) is -0.806. The van der Waals surface area contributed by atoms with Gasteiger partial charge in [-0.2, -0.15) is 0 Å². The van der Waals surface area contributed by atoms with Gasteiger partial charge in [-0.15, -0.1) is 0 Å². The standard InChI is InChI=1S/C26H25Cl3F2N2O7/c27-14-39-24(36)40-21-11-25(32-22(34)12-37-15-1-3-17(28)19(30)9-15)5-7-26(21,8-6-25)33-23(35)13-38-16-2-4-18(29)20(31)10-16/h1-4,9-10,21H,5-8,11-14H2,(H,32,34)(H,33,35)/t21-,25?,26?/m0/s1. The van der Waals surface area contributed by atoms with Crippen molar-refractivity contribution in [3.63, 3.8) is 0 Å². The lowest BCUT2D eigenvalue weighted by atomic mass is 9.59. The van der Waals surface area contributed by atoms with Gasteiger partial charge in [-0.25, -0.2) is 13.6 Å². The number of halogens is 5. The predicted octanol–water partition coefficient (Wildman–Crippen LogP) is 5.14. The number of amides is 2. The molecule has 2 bridgehead atoms. The van der Waals surface area contributed by atoms with Gasteiger partial charge < -0.3 is 29.6 Å². The van der Waals surface area contributed by atoms with Crippen LogP contribution in [0, 0.1) is 11.6 Å². The monoisotopic (exact) mass is 620 g/mol. The Bertz CT molecular complexity index is 1270. The van der Waals surface area contributed by atoms with Crippen LogP contribution in [0.25, 0.3) is 0 Å². The smallest absolute Gasteiger partial charge is 0.484 e. The molecular weight excluding hydrogens is 597 g/mol. The second-order valence-electron chi connectivity index (χ2n) is 9.58. The quantitative estimate of drug-likeness (QED) is 0.279. The minimum atomic E-state index is -1.02. The largest absolute Gasteiger partial charge is 0.509 e. The van der Waals surface area contributed by atoms with E-state index in [0.29, 0.717) is 25.7 Å². The fourth-order valence-electron chi connectivity index (χ4n) is 5.06. The number of alkyl halides is 1. The van der Waals surface area contributed by atoms with Gasteiger partial charge in [-0.1, -0.05) is 34.8 Å². The molecule has 0 aliphatic heterocycles. The lowest BCUT2D eigenvalue weighted by Crippen LogP contribution is -2.71. The molecule has 0 unspecified atom stereocenters. The van der Waals surface area contributed by atoms with E-state index in [9.17, 15) is 23.2 Å². The van der Waals surface area contributed by atoms with E-state index in [1.165, 1.54) is 24.3 Å². The molecule has 2 aromatic carbocycles. The normalized spacial score (nSPS) is 23.2. The topological polar surface area (TPSA) is 112 Å². The summed E-state index contributed by atoms with van der Waals surface area (Å²) >= 11 is 16.8. The fourth-order valence-corrected chi connectivity index (χ4v) is 5.38. The Balaban J connectivity index is 1.39. The van der Waals surface area contributed by atoms with Crippen LogP contribution < -0.4 is 20.1 Å². The number of carbonyl (C=O) groups excluding carboxylic acids is 3. The molecule has 2 amide bonds. The third-order valence-electron chi connectivity index (χ3n) is 7.02. The Labute approximate surface area is 243 Å². The predicted molar refractivity (Wildman–Crippen MR) is 141 cm³/mol. The first-order valence-corrected chi connectivity index (χ1v) is 13.5. The summed E-state index contributed by atoms with van der Waals surface area (Å²) in [4.78, 5) is 37.7. The summed E-state index contributed by atoms with van der Waals surface area (Å²) in [6, 6.07) is 7.20. The van der Waals surface area contributed by atoms with Crippen molar-refractivity contribution in [1.82, 2.24) is 10.6 Å². The summed E-state index contributed by atoms with van der Waals surface area (Å²) in [7, 11) is 0. The summed E-state index contributed by atoms with van der Waals surface area (Å²) in [5, 5.41) is 5.71. The molecule has 0 radical (unpaired) electrons. The van der Waals surface area contributed by atoms with Crippen LogP contribution in [0.5, 0.6) is 11.5 Å². The van der Waals surface area contributed by atoms with Gasteiger partial charge in [0.25, 0.3) is 11.8 Å². The van der Waals surface area contributed by atoms with Gasteiger partial charge >= 0.3 is 6.16 Å². The van der Waals surface area contributed by atoms with Gasteiger partial charge in [0.1, 0.15) is 29.2 Å². The molecule has 14 heteroatoms. The highest BCUT2D eigenvalue weighted by atomic mass is 35.5. The highest BCUT2D eigenvalue weighted by molar-refractivity contribution is 6.31. The number of benzene rings is 2. The number of hydrogen-bond acceptors (Lipinski definition) is 7. The maximum Gasteiger partial charge on any atom is 0.509 e. The highest BCUT2D eigenvalue weighted by Gasteiger charge is 2.57. The Morgan fingerprint density at radius 2 is 1.38 bits per heavy atom. The van der Waals surface area contributed by atoms with Crippen molar-refractivity contribution in [2.75, 3.05) is 19.3 Å². The van der Waals surface area contributed by atoms with Crippen molar-refractivity contribution >= 4 is 52.8 Å². The molecule has 1 atom stereocenters. The Morgan fingerprint density at radius 1 is 0.850 bits per heavy atom. The van der Waals surface area contributed by atoms with Gasteiger partial charge in [-0.05, 0) is 49.9 Å². The molecule has 3 fully saturated rings. The molecule has 40 heavy (non-hydrogen) atoms. The van der Waals surface area contributed by atoms with Crippen molar-refractivity contribution in [2.45, 2.75) is 49.3 Å². The van der Waals surface area contributed by atoms with Crippen molar-refractivity contribution in [3.05, 3.63) is 58.1 Å². The van der Waals surface area contributed by atoms with Crippen LogP contribution in [0.3, 0.4) is 0 Å². The average Bonchev–Trinajstić information content (AvgIpc) is 2.91. The summed E-state index contributed by atoms with van der Waals surface area (Å²) < 4.78 is 48.4. The number of ether oxygens (including phenoxy) is 4. The molecule has 3 aliphatic rings. The Kier molecular flexibility index (Phi) is 9.48. The zero-order valence-electron chi connectivity index (χ0n) is 20.9. The summed E-state index contributed by atoms with van der Waals surface area (Å²) in [6.07, 6.45) is -0.0783. The molecule has 3 saturated carbocycles. The zero-order valence-corrected chi connectivity index (χ0v) is 23.2. The van der Waals surface area contributed by atoms with Crippen LogP contribution in [0.15, 0.2) is 36.4 Å². The van der Waals surface area contributed by atoms with Crippen molar-refractivity contribution in [3.8, 4) is 11.5 Å². The Morgan fingerprint density at radius 3 is 1.88 bits per heavy atom. The number of nitrogens with one attached hydrogen (secondary N) is 2. The van der Waals surface area contributed by atoms with Gasteiger partial charge in [-0.3, -0.25) is 9.59 Å². The molecular formula is C26H25Cl3F2N2O7. The van der Waals surface area contributed by atoms with E-state index in [2.05, 4.69) is 10.6 Å². The summed E-state index contributed by atoms with van der Waals surface area (Å²) in [5.41, 5.74) is -1.71. The number of fused-ring (bicyclic) bond motifs is 3. The van der Waals surface area contributed by atoms with Crippen LogP contribution in [0.2, 0.25) is 10.0 Å². The van der Waals surface area contributed by atoms with E-state index in [0.717, 1.165) is 12.1 Å². The highest BCUT2D eigenvalue weighted by Crippen LogP contribution is 2.48. The van der Waals surface area contributed by atoms with E-state index >= 15 is 0 Å². The average molecular weight is 622 g/mol. The third kappa shape index (κ3) is 7.18. The van der Waals surface area contributed by atoms with Gasteiger partial charge in [0.2, 0.25) is 0 Å². The van der Waals surface area contributed by atoms with Crippen LogP contribution in [-0.2, 0) is 19.1 Å². The molecule has 0 aromatic heterocycles. The second kappa shape index (κ2) is 12.7. The van der Waals surface area contributed by atoms with Crippen molar-refractivity contribution < 1.29 is 42.1 Å². The first-order chi connectivity index (χ1) is 19.0. The van der Waals surface area contributed by atoms with E-state index in [1.54, 1.807) is 0 Å². The minimum Gasteiger partial charge on any atom is -0.484 e. The van der Waals surface area contributed by atoms with Crippen molar-refractivity contribution in [2.24, 2.45) is 0 Å². The third-order valence-corrected chi connectivity index (χ3v) is 7.74. The first kappa shape index (κ1) is 30.0. The van der Waals surface area contributed by atoms with E-state index in [1.807, 2.05) is 0 Å². The molecule has 2 aromatic rings. The number of hydrogen-bond donors (Lipinski definition) is 2. The van der Waals surface area contributed by atoms with Crippen molar-refractivity contribution in [1.29, 1.82) is 0 Å². The molecule has 9 nitrogen and oxygen atoms in total. The van der Waals surface area contributed by atoms with Gasteiger partial charge in [0.15, 0.2) is 19.3 Å². The summed E-state index contributed by atoms with van der Waals surface area (Å²) in [5.74, 6) is -2.09. The minimum absolute atomic E-state index is 0.0696. The number of rotatable bonds is 10. The molecule has 0 heterocycles. The maximum absolute atomic E-state index is 13.7. The fraction of sp³-hybridized carbons (Fsp3) is 0.423. The molecule has 3 aliphatic carbocycles. The molecule has 0 spiro atoms. The molecule has 5 rings (SSSR count). The lowest BCUT2D eigenvalue weighted by Gasteiger charge is -2.56. The zero-order chi connectivity index (χ0) is 28.9. The Hall–Kier alpha value is -3.02. The van der Waals surface area contributed by atoms with Gasteiger partial charge in [0, 0.05) is 24.1 Å². The van der Waals surface area contributed by atoms with Crippen LogP contribution in [-0.4, -0.2) is 54.4 Å². The first-order valence-electron chi connectivity index (χ1n) is 12.2. The van der Waals surface area contributed by atoms with E-state index in [-0.39, 0.29) is 34.6 Å². The molecule has 2 N–H and O–H groups in total. The van der Waals surface area contributed by atoms with E-state index < -0.39 is 59.5 Å². The number of carbonyl (C=O) groups is 3. The van der Waals surface area contributed by atoms with Gasteiger partial charge in [0.05, 0.1) is 15.6 Å². The molecule has 216 valence electrons.